The van der Waals surface area contributed by atoms with E-state index in [0.29, 0.717) is 5.95 Å². The summed E-state index contributed by atoms with van der Waals surface area (Å²) in [5.74, 6) is 0.322. The highest BCUT2D eigenvalue weighted by molar-refractivity contribution is 7.52. The van der Waals surface area contributed by atoms with Crippen LogP contribution in [0.1, 0.15) is 0 Å². The number of hydrogen-bond donors (Lipinski definition) is 2. The molecule has 6 heteroatoms. The molecule has 5 nitrogen and oxygen atoms in total. The number of nitrogen functional groups attached to an aromatic ring is 1. The van der Waals surface area contributed by atoms with Gasteiger partial charge >= 0.3 is 0 Å². The summed E-state index contributed by atoms with van der Waals surface area (Å²) >= 11 is -0.583. The molecular weight excluding hydrogens is 152 g/mol. The number of aromatic nitrogens is 2. The number of nitrogens with zero attached hydrogens (tertiary/aromatic N) is 2. The molecule has 10 heavy (non-hydrogen) atoms. The maximum atomic E-state index is 8.57. The van der Waals surface area contributed by atoms with Crippen LogP contribution in [0.15, 0.2) is 18.5 Å². The van der Waals surface area contributed by atoms with Crippen molar-refractivity contribution in [2.45, 2.75) is 0 Å². The lowest BCUT2D eigenvalue weighted by Crippen LogP contribution is -1.90. The van der Waals surface area contributed by atoms with Crippen molar-refractivity contribution in [1.29, 1.82) is 4.78 Å². The summed E-state index contributed by atoms with van der Waals surface area (Å²) in [4.78, 5) is 7.29. The lowest BCUT2D eigenvalue weighted by atomic mass is 10.7. The molecule has 0 aliphatic heterocycles. The number of nitrogens with two attached hydrogens (primary N) is 1. The van der Waals surface area contributed by atoms with Gasteiger partial charge in [-0.15, -0.1) is 0 Å². The van der Waals surface area contributed by atoms with Gasteiger partial charge in [-0.25, -0.2) is 21.4 Å². The molecule has 0 aromatic carbocycles. The summed E-state index contributed by atoms with van der Waals surface area (Å²) in [6.45, 7) is 0. The van der Waals surface area contributed by atoms with Gasteiger partial charge in [0.05, 0.1) is 0 Å². The molecule has 0 amide bonds. The van der Waals surface area contributed by atoms with E-state index in [2.05, 4.69) is 9.97 Å². The van der Waals surface area contributed by atoms with Crippen LogP contribution in [0.25, 0.3) is 0 Å². The molecule has 0 bridgehead atoms. The Morgan fingerprint density at radius 1 is 1.50 bits per heavy atom. The fourth-order valence-corrected chi connectivity index (χ4v) is 0.311. The zero-order valence-corrected chi connectivity index (χ0v) is 5.95. The molecule has 0 saturated heterocycles. The highest BCUT2D eigenvalue weighted by atomic mass is 32.1. The summed E-state index contributed by atoms with van der Waals surface area (Å²) in [5.41, 5.74) is 5.14. The Labute approximate surface area is 61.3 Å². The van der Waals surface area contributed by atoms with Crippen LogP contribution in [0.2, 0.25) is 0 Å². The van der Waals surface area contributed by atoms with Crippen molar-refractivity contribution in [3.05, 3.63) is 18.5 Å². The van der Waals surface area contributed by atoms with Gasteiger partial charge < -0.3 is 14.7 Å². The average molecular weight is 159 g/mol. The fraction of sp³-hybridized carbons (Fsp3) is 0. The van der Waals surface area contributed by atoms with Crippen LogP contribution in [-0.4, -0.2) is 9.97 Å². The predicted octanol–water partition coefficient (Wildman–Crippen LogP) is -0.0320. The van der Waals surface area contributed by atoms with E-state index in [0.717, 1.165) is 0 Å². The quantitative estimate of drug-likeness (QED) is 0.410. The summed E-state index contributed by atoms with van der Waals surface area (Å²) in [5, 5.41) is 0. The van der Waals surface area contributed by atoms with Crippen LogP contribution >= 0.6 is 0 Å². The van der Waals surface area contributed by atoms with Gasteiger partial charge in [0.25, 0.3) is 0 Å². The maximum Gasteiger partial charge on any atom is 0.219 e. The molecule has 0 atom stereocenters. The van der Waals surface area contributed by atoms with Gasteiger partial charge in [-0.05, 0) is 6.07 Å². The van der Waals surface area contributed by atoms with Crippen molar-refractivity contribution < 1.29 is 4.21 Å². The van der Waals surface area contributed by atoms with E-state index in [9.17, 15) is 0 Å². The van der Waals surface area contributed by atoms with Crippen LogP contribution in [0.5, 0.6) is 0 Å². The Balaban J connectivity index is 0.000000236. The molecule has 1 aromatic rings. The standard InChI is InChI=1S/C4H5N3.H2NOS/c5-4-6-2-1-3-7-4;1-3-2/h1-3H,(H2,5,6,7);1,3H/q;-1. The second-order valence-corrected chi connectivity index (χ2v) is 1.38. The Kier molecular flexibility index (Phi) is 5.26. The largest absolute Gasteiger partial charge is 0.448 e. The fourth-order valence-electron chi connectivity index (χ4n) is 0.311. The molecule has 1 heterocycles. The minimum absolute atomic E-state index is 0.322. The smallest absolute Gasteiger partial charge is 0.219 e. The van der Waals surface area contributed by atoms with E-state index in [4.69, 9.17) is 14.7 Å². The molecule has 56 valence electrons. The van der Waals surface area contributed by atoms with Crippen molar-refractivity contribution in [3.63, 3.8) is 0 Å². The maximum absolute atomic E-state index is 8.57. The van der Waals surface area contributed by atoms with Crippen molar-refractivity contribution >= 4 is 17.4 Å². The van der Waals surface area contributed by atoms with E-state index in [1.165, 1.54) is 0 Å². The van der Waals surface area contributed by atoms with E-state index in [1.54, 1.807) is 18.5 Å². The van der Waals surface area contributed by atoms with Crippen LogP contribution in [0, 0.1) is 4.78 Å². The van der Waals surface area contributed by atoms with Gasteiger partial charge in [-0.2, -0.15) is 0 Å². The number of hydrogen-bond acceptors (Lipinski definition) is 6. The predicted molar refractivity (Wildman–Crippen MR) is 38.6 cm³/mol. The highest BCUT2D eigenvalue weighted by Gasteiger charge is 1.75. The lowest BCUT2D eigenvalue weighted by Gasteiger charge is -1.82. The monoisotopic (exact) mass is 159 g/mol. The zero-order chi connectivity index (χ0) is 7.82. The second-order valence-electron chi connectivity index (χ2n) is 1.20. The number of anilines is 1. The Morgan fingerprint density at radius 3 is 2.10 bits per heavy atom. The van der Waals surface area contributed by atoms with Crippen LogP contribution in [-0.2, 0) is 15.7 Å². The van der Waals surface area contributed by atoms with Crippen LogP contribution in [0.4, 0.5) is 5.95 Å². The first-order valence-corrected chi connectivity index (χ1v) is 3.14. The third-order valence-electron chi connectivity index (χ3n) is 0.586. The van der Waals surface area contributed by atoms with Gasteiger partial charge in [0.15, 0.2) is 0 Å². The summed E-state index contributed by atoms with van der Waals surface area (Å²) in [6, 6.07) is 1.72. The van der Waals surface area contributed by atoms with Gasteiger partial charge in [0.1, 0.15) is 0 Å². The molecule has 0 aliphatic carbocycles. The number of thiol groups is 1. The third-order valence-corrected chi connectivity index (χ3v) is 0.586. The first-order chi connectivity index (χ1) is 4.81. The number of rotatable bonds is 0. The molecule has 0 radical (unpaired) electrons. The van der Waals surface area contributed by atoms with Crippen LogP contribution < -0.4 is 5.73 Å². The van der Waals surface area contributed by atoms with Gasteiger partial charge in [-0.3, -0.25) is 0 Å². The molecule has 3 N–H and O–H groups in total. The molecular formula is C4H7N4OS-. The van der Waals surface area contributed by atoms with Crippen molar-refractivity contribution in [1.82, 2.24) is 9.97 Å². The van der Waals surface area contributed by atoms with Gasteiger partial charge in [0, 0.05) is 12.4 Å². The minimum atomic E-state index is -0.583. The topological polar surface area (TPSA) is 92.7 Å². The summed E-state index contributed by atoms with van der Waals surface area (Å²) in [6.07, 6.45) is 3.20. The summed E-state index contributed by atoms with van der Waals surface area (Å²) in [7, 11) is 0. The van der Waals surface area contributed by atoms with Crippen LogP contribution in [0.3, 0.4) is 0 Å². The van der Waals surface area contributed by atoms with Gasteiger partial charge in [0.2, 0.25) is 5.95 Å². The lowest BCUT2D eigenvalue weighted by molar-refractivity contribution is 0.608. The molecule has 1 aromatic heterocycles. The second kappa shape index (κ2) is 5.96. The zero-order valence-electron chi connectivity index (χ0n) is 5.06. The van der Waals surface area contributed by atoms with Crippen molar-refractivity contribution in [2.24, 2.45) is 0 Å². The molecule has 0 fully saturated rings. The first-order valence-electron chi connectivity index (χ1n) is 2.33. The first kappa shape index (κ1) is 8.83. The molecule has 0 saturated carbocycles. The number of nitrogens with one attached hydrogen (secondary N) is 1. The molecule has 0 unspecified atom stereocenters. The SMILES string of the molecule is N=[SH-]=O.Nc1ncccn1. The Hall–Kier alpha value is -1.17. The van der Waals surface area contributed by atoms with E-state index < -0.39 is 11.5 Å². The van der Waals surface area contributed by atoms with E-state index in [1.807, 2.05) is 0 Å². The highest BCUT2D eigenvalue weighted by Crippen LogP contribution is 1.81. The van der Waals surface area contributed by atoms with Gasteiger partial charge in [-0.1, -0.05) is 0 Å². The molecule has 0 spiro atoms. The minimum Gasteiger partial charge on any atom is -0.448 e. The third kappa shape index (κ3) is 4.98. The molecule has 1 rings (SSSR count). The molecule has 0 aliphatic rings. The summed E-state index contributed by atoms with van der Waals surface area (Å²) < 4.78 is 14.2. The Morgan fingerprint density at radius 2 is 1.90 bits per heavy atom. The van der Waals surface area contributed by atoms with Crippen molar-refractivity contribution in [3.8, 4) is 0 Å². The average Bonchev–Trinajstić information content (AvgIpc) is 1.91. The van der Waals surface area contributed by atoms with Crippen molar-refractivity contribution in [2.75, 3.05) is 5.73 Å². The van der Waals surface area contributed by atoms with E-state index in [-0.39, 0.29) is 0 Å². The van der Waals surface area contributed by atoms with E-state index >= 15 is 0 Å². The normalized spacial score (nSPS) is 7.60. The Bertz CT molecular complexity index is 208.